The number of rotatable bonds is 5. The standard InChI is InChI=1S/C17H24N2O4S/c1-23-12-13-24(21,22)18-9-6-15(7-10-18)17(20)19-11-8-14-4-2-3-5-16(14)19/h2-5,15H,6-13H2,1H3. The monoisotopic (exact) mass is 352 g/mol. The molecule has 1 amide bonds. The van der Waals surface area contributed by atoms with Crippen molar-refractivity contribution in [2.24, 2.45) is 5.92 Å². The van der Waals surface area contributed by atoms with Gasteiger partial charge in [-0.1, -0.05) is 18.2 Å². The second-order valence-electron chi connectivity index (χ2n) is 6.35. The first-order valence-corrected chi connectivity index (χ1v) is 10.00. The Balaban J connectivity index is 1.60. The molecule has 1 saturated heterocycles. The minimum Gasteiger partial charge on any atom is -0.384 e. The van der Waals surface area contributed by atoms with Gasteiger partial charge in [-0.3, -0.25) is 4.79 Å². The quantitative estimate of drug-likeness (QED) is 0.800. The van der Waals surface area contributed by atoms with E-state index in [0.29, 0.717) is 25.9 Å². The Hall–Kier alpha value is -1.44. The summed E-state index contributed by atoms with van der Waals surface area (Å²) in [6.45, 7) is 1.76. The first-order valence-electron chi connectivity index (χ1n) is 8.39. The first-order chi connectivity index (χ1) is 11.5. The number of carbonyl (C=O) groups excluding carboxylic acids is 1. The second-order valence-corrected chi connectivity index (χ2v) is 8.44. The number of methoxy groups -OCH3 is 1. The fourth-order valence-corrected chi connectivity index (χ4v) is 4.89. The van der Waals surface area contributed by atoms with Gasteiger partial charge in [0.15, 0.2) is 0 Å². The van der Waals surface area contributed by atoms with Gasteiger partial charge in [0.05, 0.1) is 12.4 Å². The van der Waals surface area contributed by atoms with Gasteiger partial charge in [0.25, 0.3) is 0 Å². The van der Waals surface area contributed by atoms with E-state index in [-0.39, 0.29) is 24.2 Å². The normalized spacial score (nSPS) is 19.5. The number of piperidine rings is 1. The molecule has 0 bridgehead atoms. The van der Waals surface area contributed by atoms with Gasteiger partial charge in [0.2, 0.25) is 15.9 Å². The van der Waals surface area contributed by atoms with Gasteiger partial charge in [-0.25, -0.2) is 12.7 Å². The van der Waals surface area contributed by atoms with Gasteiger partial charge in [0, 0.05) is 38.3 Å². The van der Waals surface area contributed by atoms with Gasteiger partial charge in [-0.2, -0.15) is 0 Å². The molecule has 0 unspecified atom stereocenters. The zero-order valence-electron chi connectivity index (χ0n) is 14.0. The number of hydrogen-bond donors (Lipinski definition) is 0. The molecule has 2 aliphatic rings. The lowest BCUT2D eigenvalue weighted by Gasteiger charge is -2.32. The van der Waals surface area contributed by atoms with Crippen molar-refractivity contribution in [1.29, 1.82) is 0 Å². The number of sulfonamides is 1. The SMILES string of the molecule is COCCS(=O)(=O)N1CCC(C(=O)N2CCc3ccccc32)CC1. The number of hydrogen-bond acceptors (Lipinski definition) is 4. The minimum atomic E-state index is -3.28. The van der Waals surface area contributed by atoms with Crippen molar-refractivity contribution in [2.45, 2.75) is 19.3 Å². The topological polar surface area (TPSA) is 66.9 Å². The number of benzene rings is 1. The summed E-state index contributed by atoms with van der Waals surface area (Å²) < 4.78 is 30.7. The van der Waals surface area contributed by atoms with Crippen molar-refractivity contribution in [3.8, 4) is 0 Å². The van der Waals surface area contributed by atoms with Crippen LogP contribution in [0.2, 0.25) is 0 Å². The van der Waals surface area contributed by atoms with Crippen LogP contribution >= 0.6 is 0 Å². The fourth-order valence-electron chi connectivity index (χ4n) is 3.49. The highest BCUT2D eigenvalue weighted by Crippen LogP contribution is 2.31. The molecule has 1 aromatic rings. The predicted molar refractivity (Wildman–Crippen MR) is 92.5 cm³/mol. The van der Waals surface area contributed by atoms with Gasteiger partial charge >= 0.3 is 0 Å². The highest BCUT2D eigenvalue weighted by atomic mass is 32.2. The highest BCUT2D eigenvalue weighted by molar-refractivity contribution is 7.89. The molecule has 3 rings (SSSR count). The smallest absolute Gasteiger partial charge is 0.230 e. The maximum Gasteiger partial charge on any atom is 0.230 e. The number of nitrogens with zero attached hydrogens (tertiary/aromatic N) is 2. The van der Waals surface area contributed by atoms with E-state index >= 15 is 0 Å². The lowest BCUT2D eigenvalue weighted by molar-refractivity contribution is -0.123. The number of para-hydroxylation sites is 1. The summed E-state index contributed by atoms with van der Waals surface area (Å²) in [6, 6.07) is 8.00. The summed E-state index contributed by atoms with van der Waals surface area (Å²) in [4.78, 5) is 14.7. The molecule has 0 aliphatic carbocycles. The number of ether oxygens (including phenoxy) is 1. The van der Waals surface area contributed by atoms with Crippen molar-refractivity contribution in [3.05, 3.63) is 29.8 Å². The van der Waals surface area contributed by atoms with E-state index < -0.39 is 10.0 Å². The third kappa shape index (κ3) is 3.48. The molecule has 132 valence electrons. The van der Waals surface area contributed by atoms with Crippen LogP contribution in [-0.2, 0) is 26.0 Å². The molecule has 0 radical (unpaired) electrons. The summed E-state index contributed by atoms with van der Waals surface area (Å²) in [5, 5.41) is 0. The molecule has 2 heterocycles. The van der Waals surface area contributed by atoms with E-state index in [4.69, 9.17) is 4.74 Å². The summed E-state index contributed by atoms with van der Waals surface area (Å²) in [5.74, 6) is 0.0423. The van der Waals surface area contributed by atoms with E-state index in [1.807, 2.05) is 23.1 Å². The van der Waals surface area contributed by atoms with E-state index in [1.54, 1.807) is 0 Å². The molecule has 0 spiro atoms. The van der Waals surface area contributed by atoms with Gasteiger partial charge in [0.1, 0.15) is 0 Å². The molecule has 0 aromatic heterocycles. The molecular formula is C17H24N2O4S. The average Bonchev–Trinajstić information content (AvgIpc) is 3.03. The zero-order chi connectivity index (χ0) is 17.2. The zero-order valence-corrected chi connectivity index (χ0v) is 14.8. The maximum atomic E-state index is 12.8. The van der Waals surface area contributed by atoms with Crippen molar-refractivity contribution in [3.63, 3.8) is 0 Å². The molecule has 24 heavy (non-hydrogen) atoms. The van der Waals surface area contributed by atoms with Crippen LogP contribution in [-0.4, -0.2) is 57.7 Å². The molecule has 2 aliphatic heterocycles. The Kier molecular flexibility index (Phi) is 5.22. The van der Waals surface area contributed by atoms with Gasteiger partial charge < -0.3 is 9.64 Å². The van der Waals surface area contributed by atoms with Crippen LogP contribution in [0.15, 0.2) is 24.3 Å². The van der Waals surface area contributed by atoms with Crippen molar-refractivity contribution in [2.75, 3.05) is 44.0 Å². The van der Waals surface area contributed by atoms with Gasteiger partial charge in [-0.15, -0.1) is 0 Å². The van der Waals surface area contributed by atoms with Crippen LogP contribution in [0.4, 0.5) is 5.69 Å². The number of carbonyl (C=O) groups is 1. The van der Waals surface area contributed by atoms with Crippen LogP contribution in [0, 0.1) is 5.92 Å². The second kappa shape index (κ2) is 7.21. The molecule has 0 saturated carbocycles. The lowest BCUT2D eigenvalue weighted by Crippen LogP contribution is -2.45. The predicted octanol–water partition coefficient (Wildman–Crippen LogP) is 1.26. The Morgan fingerprint density at radius 1 is 1.21 bits per heavy atom. The number of anilines is 1. The molecule has 1 fully saturated rings. The Labute approximate surface area is 143 Å². The summed E-state index contributed by atoms with van der Waals surface area (Å²) >= 11 is 0. The van der Waals surface area contributed by atoms with E-state index in [9.17, 15) is 13.2 Å². The third-order valence-corrected chi connectivity index (χ3v) is 6.73. The van der Waals surface area contributed by atoms with E-state index in [1.165, 1.54) is 17.0 Å². The third-order valence-electron chi connectivity index (χ3n) is 4.90. The van der Waals surface area contributed by atoms with Crippen LogP contribution < -0.4 is 4.90 Å². The summed E-state index contributed by atoms with van der Waals surface area (Å²) in [5.41, 5.74) is 2.23. The van der Waals surface area contributed by atoms with Crippen LogP contribution in [0.5, 0.6) is 0 Å². The molecular weight excluding hydrogens is 328 g/mol. The molecule has 0 N–H and O–H groups in total. The van der Waals surface area contributed by atoms with Crippen molar-refractivity contribution >= 4 is 21.6 Å². The highest BCUT2D eigenvalue weighted by Gasteiger charge is 2.34. The van der Waals surface area contributed by atoms with E-state index in [0.717, 1.165) is 18.7 Å². The fraction of sp³-hybridized carbons (Fsp3) is 0.588. The first kappa shape index (κ1) is 17.4. The summed E-state index contributed by atoms with van der Waals surface area (Å²) in [6.07, 6.45) is 2.07. The molecule has 1 aromatic carbocycles. The van der Waals surface area contributed by atoms with Crippen molar-refractivity contribution < 1.29 is 17.9 Å². The van der Waals surface area contributed by atoms with Gasteiger partial charge in [-0.05, 0) is 30.9 Å². The Morgan fingerprint density at radius 2 is 1.92 bits per heavy atom. The minimum absolute atomic E-state index is 0.00160. The van der Waals surface area contributed by atoms with Crippen LogP contribution in [0.3, 0.4) is 0 Å². The maximum absolute atomic E-state index is 12.8. The molecule has 6 nitrogen and oxygen atoms in total. The number of amides is 1. The summed E-state index contributed by atoms with van der Waals surface area (Å²) in [7, 11) is -1.78. The Bertz CT molecular complexity index is 696. The largest absolute Gasteiger partial charge is 0.384 e. The van der Waals surface area contributed by atoms with Crippen LogP contribution in [0.25, 0.3) is 0 Å². The Morgan fingerprint density at radius 3 is 2.62 bits per heavy atom. The molecule has 7 heteroatoms. The van der Waals surface area contributed by atoms with E-state index in [2.05, 4.69) is 6.07 Å². The number of fused-ring (bicyclic) bond motifs is 1. The lowest BCUT2D eigenvalue weighted by atomic mass is 9.96. The van der Waals surface area contributed by atoms with Crippen LogP contribution in [0.1, 0.15) is 18.4 Å². The molecule has 0 atom stereocenters. The average molecular weight is 352 g/mol. The van der Waals surface area contributed by atoms with Crippen molar-refractivity contribution in [1.82, 2.24) is 4.31 Å².